The minimum atomic E-state index is -4.55. The molecular weight excluding hydrogens is 499 g/mol. The number of aryl methyl sites for hydroxylation is 1. The van der Waals surface area contributed by atoms with Crippen LogP contribution in [0.3, 0.4) is 0 Å². The third kappa shape index (κ3) is 5.30. The molecule has 6 nitrogen and oxygen atoms in total. The van der Waals surface area contributed by atoms with Crippen molar-refractivity contribution in [2.24, 2.45) is 0 Å². The standard InChI is InChI=1S/C20H18BrClF3N5O/c21-17-18(13-3-4-13)30(28-19(17)20(23,24)25)8-7-16(31)27-15-9-26-29(11-15)10-12-1-5-14(22)6-2-12/h1-2,5-6,9,11,13H,3-4,7-8,10H2,(H,27,31). The third-order valence-electron chi connectivity index (χ3n) is 4.89. The molecule has 0 spiro atoms. The third-order valence-corrected chi connectivity index (χ3v) is 5.92. The molecule has 2 heterocycles. The summed E-state index contributed by atoms with van der Waals surface area (Å²) >= 11 is 8.93. The van der Waals surface area contributed by atoms with E-state index in [1.54, 1.807) is 23.0 Å². The molecule has 2 aromatic heterocycles. The van der Waals surface area contributed by atoms with Gasteiger partial charge < -0.3 is 5.32 Å². The quantitative estimate of drug-likeness (QED) is 0.453. The van der Waals surface area contributed by atoms with Crippen molar-refractivity contribution in [2.45, 2.75) is 44.4 Å². The SMILES string of the molecule is O=C(CCn1nc(C(F)(F)F)c(Br)c1C1CC1)Nc1cnn(Cc2ccc(Cl)cc2)c1. The first-order chi connectivity index (χ1) is 14.7. The van der Waals surface area contributed by atoms with Crippen LogP contribution < -0.4 is 5.32 Å². The minimum absolute atomic E-state index is 0.00645. The predicted molar refractivity (Wildman–Crippen MR) is 113 cm³/mol. The topological polar surface area (TPSA) is 64.7 Å². The fourth-order valence-electron chi connectivity index (χ4n) is 3.27. The monoisotopic (exact) mass is 515 g/mol. The summed E-state index contributed by atoms with van der Waals surface area (Å²) in [6, 6.07) is 7.35. The molecular formula is C20H18BrClF3N5O. The molecule has 0 bridgehead atoms. The average molecular weight is 517 g/mol. The highest BCUT2D eigenvalue weighted by Crippen LogP contribution is 2.47. The number of nitrogens with zero attached hydrogens (tertiary/aromatic N) is 4. The van der Waals surface area contributed by atoms with Crippen LogP contribution >= 0.6 is 27.5 Å². The molecule has 1 aromatic carbocycles. The van der Waals surface area contributed by atoms with Crippen LogP contribution in [0.1, 0.15) is 42.1 Å². The lowest BCUT2D eigenvalue weighted by molar-refractivity contribution is -0.142. The van der Waals surface area contributed by atoms with E-state index in [-0.39, 0.29) is 29.3 Å². The van der Waals surface area contributed by atoms with Crippen LogP contribution in [0.25, 0.3) is 0 Å². The normalized spacial score (nSPS) is 14.1. The zero-order valence-electron chi connectivity index (χ0n) is 16.2. The summed E-state index contributed by atoms with van der Waals surface area (Å²) in [5, 5.41) is 11.3. The molecule has 0 radical (unpaired) electrons. The van der Waals surface area contributed by atoms with Crippen LogP contribution in [0.5, 0.6) is 0 Å². The van der Waals surface area contributed by atoms with Gasteiger partial charge in [0.05, 0.1) is 35.1 Å². The molecule has 11 heteroatoms. The Morgan fingerprint density at radius 1 is 1.26 bits per heavy atom. The number of carbonyl (C=O) groups is 1. The van der Waals surface area contributed by atoms with Gasteiger partial charge in [0.25, 0.3) is 0 Å². The molecule has 4 rings (SSSR count). The minimum Gasteiger partial charge on any atom is -0.323 e. The summed E-state index contributed by atoms with van der Waals surface area (Å²) in [6.45, 7) is 0.574. The van der Waals surface area contributed by atoms with Crippen LogP contribution in [0.15, 0.2) is 41.1 Å². The van der Waals surface area contributed by atoms with Crippen LogP contribution in [0, 0.1) is 0 Å². The highest BCUT2D eigenvalue weighted by atomic mass is 79.9. The Kier molecular flexibility index (Phi) is 6.11. The highest BCUT2D eigenvalue weighted by Gasteiger charge is 2.41. The lowest BCUT2D eigenvalue weighted by atomic mass is 10.2. The van der Waals surface area contributed by atoms with Gasteiger partial charge in [-0.3, -0.25) is 14.2 Å². The van der Waals surface area contributed by atoms with E-state index in [1.165, 1.54) is 10.9 Å². The van der Waals surface area contributed by atoms with Crippen molar-refractivity contribution < 1.29 is 18.0 Å². The number of halogens is 5. The Bertz CT molecular complexity index is 1090. The van der Waals surface area contributed by atoms with Crippen LogP contribution in [-0.4, -0.2) is 25.5 Å². The van der Waals surface area contributed by atoms with E-state index in [1.807, 2.05) is 12.1 Å². The van der Waals surface area contributed by atoms with Gasteiger partial charge in [0.2, 0.25) is 5.91 Å². The van der Waals surface area contributed by atoms with Crippen LogP contribution in [-0.2, 0) is 24.1 Å². The predicted octanol–water partition coefficient (Wildman–Crippen LogP) is 5.47. The molecule has 0 atom stereocenters. The van der Waals surface area contributed by atoms with Gasteiger partial charge in [0.15, 0.2) is 5.69 Å². The summed E-state index contributed by atoms with van der Waals surface area (Å²) in [4.78, 5) is 12.3. The zero-order valence-corrected chi connectivity index (χ0v) is 18.5. The van der Waals surface area contributed by atoms with Gasteiger partial charge in [0, 0.05) is 23.6 Å². The van der Waals surface area contributed by atoms with Crippen molar-refractivity contribution in [1.82, 2.24) is 19.6 Å². The van der Waals surface area contributed by atoms with Gasteiger partial charge in [-0.25, -0.2) is 0 Å². The number of anilines is 1. The van der Waals surface area contributed by atoms with Crippen molar-refractivity contribution in [3.63, 3.8) is 0 Å². The maximum Gasteiger partial charge on any atom is 0.436 e. The lowest BCUT2D eigenvalue weighted by Gasteiger charge is -2.07. The highest BCUT2D eigenvalue weighted by molar-refractivity contribution is 9.10. The molecule has 1 amide bonds. The summed E-state index contributed by atoms with van der Waals surface area (Å²) in [7, 11) is 0. The number of hydrogen-bond acceptors (Lipinski definition) is 3. The maximum atomic E-state index is 13.2. The van der Waals surface area contributed by atoms with Crippen molar-refractivity contribution in [1.29, 1.82) is 0 Å². The summed E-state index contributed by atoms with van der Waals surface area (Å²) < 4.78 is 42.5. The molecule has 31 heavy (non-hydrogen) atoms. The average Bonchev–Trinajstić information content (AvgIpc) is 3.34. The Hall–Kier alpha value is -2.33. The van der Waals surface area contributed by atoms with Gasteiger partial charge in [-0.05, 0) is 46.5 Å². The van der Waals surface area contributed by atoms with Gasteiger partial charge in [-0.15, -0.1) is 0 Å². The molecule has 1 aliphatic carbocycles. The number of alkyl halides is 3. The van der Waals surface area contributed by atoms with E-state index in [2.05, 4.69) is 31.4 Å². The first kappa shape index (κ1) is 21.9. The van der Waals surface area contributed by atoms with E-state index in [0.717, 1.165) is 18.4 Å². The number of benzene rings is 1. The molecule has 0 saturated heterocycles. The molecule has 3 aromatic rings. The fourth-order valence-corrected chi connectivity index (χ4v) is 4.23. The van der Waals surface area contributed by atoms with E-state index >= 15 is 0 Å². The fraction of sp³-hybridized carbons (Fsp3) is 0.350. The Labute approximate surface area is 189 Å². The second kappa shape index (κ2) is 8.66. The number of hydrogen-bond donors (Lipinski definition) is 1. The van der Waals surface area contributed by atoms with E-state index in [0.29, 0.717) is 22.9 Å². The summed E-state index contributed by atoms with van der Waals surface area (Å²) in [6.07, 6.45) is 0.299. The lowest BCUT2D eigenvalue weighted by Crippen LogP contribution is -2.16. The van der Waals surface area contributed by atoms with Gasteiger partial charge in [-0.2, -0.15) is 23.4 Å². The number of amides is 1. The van der Waals surface area contributed by atoms with E-state index in [4.69, 9.17) is 11.6 Å². The van der Waals surface area contributed by atoms with Gasteiger partial charge in [0.1, 0.15) is 0 Å². The van der Waals surface area contributed by atoms with Crippen molar-refractivity contribution >= 4 is 39.1 Å². The summed E-state index contributed by atoms with van der Waals surface area (Å²) in [5.41, 5.74) is 1.08. The smallest absolute Gasteiger partial charge is 0.323 e. The van der Waals surface area contributed by atoms with Crippen molar-refractivity contribution in [2.75, 3.05) is 5.32 Å². The Morgan fingerprint density at radius 2 is 1.97 bits per heavy atom. The first-order valence-corrected chi connectivity index (χ1v) is 10.8. The molecule has 1 N–H and O–H groups in total. The molecule has 0 aliphatic heterocycles. The molecule has 1 saturated carbocycles. The summed E-state index contributed by atoms with van der Waals surface area (Å²) in [5.74, 6) is -0.278. The van der Waals surface area contributed by atoms with E-state index < -0.39 is 11.9 Å². The van der Waals surface area contributed by atoms with E-state index in [9.17, 15) is 18.0 Å². The number of nitrogens with one attached hydrogen (secondary N) is 1. The van der Waals surface area contributed by atoms with Gasteiger partial charge in [-0.1, -0.05) is 23.7 Å². The number of aromatic nitrogens is 4. The maximum absolute atomic E-state index is 13.2. The second-order valence-corrected chi connectivity index (χ2v) is 8.62. The number of rotatable bonds is 7. The molecule has 0 unspecified atom stereocenters. The largest absolute Gasteiger partial charge is 0.436 e. The van der Waals surface area contributed by atoms with Crippen LogP contribution in [0.2, 0.25) is 5.02 Å². The molecule has 1 fully saturated rings. The van der Waals surface area contributed by atoms with Crippen molar-refractivity contribution in [3.05, 3.63) is 63.1 Å². The molecule has 164 valence electrons. The zero-order chi connectivity index (χ0) is 22.2. The molecule has 1 aliphatic rings. The first-order valence-electron chi connectivity index (χ1n) is 9.61. The van der Waals surface area contributed by atoms with Gasteiger partial charge >= 0.3 is 6.18 Å². The number of carbonyl (C=O) groups excluding carboxylic acids is 1. The van der Waals surface area contributed by atoms with Crippen molar-refractivity contribution in [3.8, 4) is 0 Å². The second-order valence-electron chi connectivity index (χ2n) is 7.39. The Morgan fingerprint density at radius 3 is 2.61 bits per heavy atom. The Balaban J connectivity index is 1.37. The van der Waals surface area contributed by atoms with Crippen LogP contribution in [0.4, 0.5) is 18.9 Å².